The maximum absolute atomic E-state index is 13.8. The highest BCUT2D eigenvalue weighted by molar-refractivity contribution is 8.09. The number of hydrogen-bond donors (Lipinski definition) is 18. The summed E-state index contributed by atoms with van der Waals surface area (Å²) in [7, 11) is 0. The van der Waals surface area contributed by atoms with Crippen LogP contribution < -0.4 is 42.5 Å². The van der Waals surface area contributed by atoms with Crippen LogP contribution in [0.4, 0.5) is 0 Å². The third-order valence-corrected chi connectivity index (χ3v) is 16.4. The lowest BCUT2D eigenvalue weighted by atomic mass is 9.97. The van der Waals surface area contributed by atoms with Gasteiger partial charge in [0.05, 0.1) is 165 Å². The number of aliphatic hydroxyl groups excluding tert-OH is 9. The summed E-state index contributed by atoms with van der Waals surface area (Å²) in [5.74, 6) is -5.12. The van der Waals surface area contributed by atoms with Crippen molar-refractivity contribution in [1.29, 1.82) is 0 Å². The maximum Gasteiger partial charge on any atom is 0.242 e. The number of hydrogen-bond acceptors (Lipinski definition) is 34. The molecular weight excluding hydrogens is 1460 g/mol. The van der Waals surface area contributed by atoms with Crippen molar-refractivity contribution in [2.75, 3.05) is 191 Å². The van der Waals surface area contributed by atoms with Crippen LogP contribution in [0.5, 0.6) is 0 Å². The summed E-state index contributed by atoms with van der Waals surface area (Å²) < 4.78 is 88.2. The number of carbonyl (C=O) groups is 8. The van der Waals surface area contributed by atoms with Crippen molar-refractivity contribution in [1.82, 2.24) is 42.5 Å². The number of nitrogens with one attached hydrogen (secondary N) is 8. The minimum absolute atomic E-state index is 0.0339. The molecule has 3 aliphatic rings. The lowest BCUT2D eigenvalue weighted by Gasteiger charge is -2.42. The molecule has 3 aliphatic heterocycles. The van der Waals surface area contributed by atoms with Crippen LogP contribution in [-0.2, 0) is 126 Å². The third-order valence-electron chi connectivity index (χ3n) is 15.5. The molecule has 3 rings (SSSR count). The molecule has 3 fully saturated rings. The standard InChI is InChI=1S/C62H113N8O34PS/c1-38(74)66-49-55(83)52(80)43(35-71)102-60(49)98-31-27-90-14-10-63-46(77)7-5-41(58(86)64-11-15-91-28-32-99-61-50(67-39(2)75)56(84)53(81)44(36-72)103-61)69-47(78)8-6-42(59(87)65-12-16-92-29-33-100-62-51(68-40(3)76)57(85)54(82)45(37-73)104-62)70-48(79)9-13-89-17-18-93-19-20-94-21-22-95-23-24-96-25-26-97-30-34-101-105(4,88)106/h41-45,49-57,60-62,71-73,80-85H,5-37H2,1-4H3,(H,63,77)(H,64,86)(H,65,87)(H,66,74)(H,67,75)(H,68,76)(H,69,78)(H,70,79)(H,88,106). The van der Waals surface area contributed by atoms with Gasteiger partial charge in [0.1, 0.15) is 85.1 Å². The highest BCUT2D eigenvalue weighted by Crippen LogP contribution is 2.36. The van der Waals surface area contributed by atoms with Gasteiger partial charge in [-0.3, -0.25) is 38.4 Å². The first-order valence-corrected chi connectivity index (χ1v) is 37.9. The van der Waals surface area contributed by atoms with Crippen LogP contribution in [0.3, 0.4) is 0 Å². The van der Waals surface area contributed by atoms with Gasteiger partial charge in [-0.05, 0) is 24.6 Å². The summed E-state index contributed by atoms with van der Waals surface area (Å²) in [6.07, 6.45) is -18.3. The molecule has 42 nitrogen and oxygen atoms in total. The van der Waals surface area contributed by atoms with E-state index in [2.05, 4.69) is 42.5 Å². The lowest BCUT2D eigenvalue weighted by molar-refractivity contribution is -0.272. The van der Waals surface area contributed by atoms with E-state index in [0.29, 0.717) is 39.6 Å². The second kappa shape index (κ2) is 55.7. The topological polar surface area (TPSA) is 583 Å². The van der Waals surface area contributed by atoms with Gasteiger partial charge in [-0.15, -0.1) is 0 Å². The zero-order valence-corrected chi connectivity index (χ0v) is 62.0. The normalized spacial score (nSPS) is 25.6. The second-order valence-electron chi connectivity index (χ2n) is 24.1. The molecular formula is C62H113N8O34PS. The van der Waals surface area contributed by atoms with Crippen molar-refractivity contribution in [3.05, 3.63) is 0 Å². The van der Waals surface area contributed by atoms with Gasteiger partial charge in [0.25, 0.3) is 0 Å². The van der Waals surface area contributed by atoms with Crippen LogP contribution in [0.2, 0.25) is 0 Å². The van der Waals surface area contributed by atoms with E-state index in [1.165, 1.54) is 27.4 Å². The molecule has 0 aliphatic carbocycles. The van der Waals surface area contributed by atoms with Gasteiger partial charge in [0.2, 0.25) is 47.3 Å². The molecule has 616 valence electrons. The Morgan fingerprint density at radius 3 is 0.962 bits per heavy atom. The van der Waals surface area contributed by atoms with E-state index < -0.39 is 184 Å². The number of ether oxygens (including phenoxy) is 15. The largest absolute Gasteiger partial charge is 0.394 e. The van der Waals surface area contributed by atoms with Crippen molar-refractivity contribution in [2.24, 2.45) is 0 Å². The lowest BCUT2D eigenvalue weighted by Crippen LogP contribution is -2.64. The summed E-state index contributed by atoms with van der Waals surface area (Å²) in [6.45, 7) is 2.14. The average Bonchev–Trinajstić information content (AvgIpc) is 0.820. The molecule has 44 heteroatoms. The van der Waals surface area contributed by atoms with Crippen LogP contribution in [0, 0.1) is 0 Å². The first-order chi connectivity index (χ1) is 50.7. The molecule has 18 atom stereocenters. The monoisotopic (exact) mass is 1580 g/mol. The van der Waals surface area contributed by atoms with E-state index in [1.807, 2.05) is 0 Å². The zero-order valence-electron chi connectivity index (χ0n) is 60.3. The smallest absolute Gasteiger partial charge is 0.242 e. The fourth-order valence-corrected chi connectivity index (χ4v) is 10.8. The SMILES string of the molecule is CC(=O)NC1C(OCCOCCNC(=O)CCC(NC(=O)CCC(NC(=O)CCOCCOCCOCCOCCOCCOCCOP(C)(O)=S)C(=O)NCCOCCOC2OC(CO)C(O)C(O)C2NC(C)=O)C(=O)NCCOCCOC2OC(CO)C(O)C(O)C2NC(C)=O)OC(CO)C(O)C1O. The Morgan fingerprint density at radius 2 is 0.651 bits per heavy atom. The highest BCUT2D eigenvalue weighted by atomic mass is 32.5. The molecule has 0 radical (unpaired) electrons. The predicted molar refractivity (Wildman–Crippen MR) is 366 cm³/mol. The van der Waals surface area contributed by atoms with Crippen molar-refractivity contribution in [2.45, 2.75) is 157 Å². The minimum atomic E-state index is -2.71. The molecule has 0 aromatic heterocycles. The van der Waals surface area contributed by atoms with Gasteiger partial charge in [-0.2, -0.15) is 0 Å². The second-order valence-corrected chi connectivity index (χ2v) is 28.0. The Balaban J connectivity index is 1.58. The van der Waals surface area contributed by atoms with Gasteiger partial charge >= 0.3 is 0 Å². The molecule has 0 spiro atoms. The number of amides is 8. The first-order valence-electron chi connectivity index (χ1n) is 34.8. The average molecular weight is 1580 g/mol. The quantitative estimate of drug-likeness (QED) is 0.0199. The molecule has 8 amide bonds. The number of aliphatic hydroxyl groups is 9. The van der Waals surface area contributed by atoms with Gasteiger partial charge < -0.3 is 169 Å². The molecule has 0 aromatic carbocycles. The van der Waals surface area contributed by atoms with Crippen molar-refractivity contribution < 1.29 is 165 Å². The van der Waals surface area contributed by atoms with Gasteiger partial charge in [0, 0.05) is 66.3 Å². The summed E-state index contributed by atoms with van der Waals surface area (Å²) in [4.78, 5) is 113. The van der Waals surface area contributed by atoms with E-state index in [9.17, 15) is 89.2 Å². The molecule has 0 aromatic rings. The molecule has 106 heavy (non-hydrogen) atoms. The summed E-state index contributed by atoms with van der Waals surface area (Å²) in [5.41, 5.74) is 0. The van der Waals surface area contributed by atoms with Crippen molar-refractivity contribution in [3.8, 4) is 0 Å². The van der Waals surface area contributed by atoms with Crippen LogP contribution in [-0.4, -0.2) is 394 Å². The van der Waals surface area contributed by atoms with Crippen molar-refractivity contribution in [3.63, 3.8) is 0 Å². The highest BCUT2D eigenvalue weighted by Gasteiger charge is 2.48. The molecule has 18 unspecified atom stereocenters. The van der Waals surface area contributed by atoms with E-state index in [0.717, 1.165) is 0 Å². The van der Waals surface area contributed by atoms with E-state index in [4.69, 9.17) is 87.4 Å². The number of carbonyl (C=O) groups excluding carboxylic acids is 8. The fraction of sp³-hybridized carbons (Fsp3) is 0.871. The fourth-order valence-electron chi connectivity index (χ4n) is 10.2. The molecule has 0 saturated carbocycles. The molecule has 3 heterocycles. The Morgan fingerprint density at radius 1 is 0.377 bits per heavy atom. The van der Waals surface area contributed by atoms with Crippen LogP contribution >= 0.6 is 6.49 Å². The summed E-state index contributed by atoms with van der Waals surface area (Å²) in [6, 6.07) is -6.28. The molecule has 3 saturated heterocycles. The Labute approximate surface area is 619 Å². The van der Waals surface area contributed by atoms with Crippen LogP contribution in [0.15, 0.2) is 0 Å². The van der Waals surface area contributed by atoms with Gasteiger partial charge in [-0.25, -0.2) is 0 Å². The zero-order chi connectivity index (χ0) is 78.2. The van der Waals surface area contributed by atoms with Crippen LogP contribution in [0.1, 0.15) is 52.9 Å². The summed E-state index contributed by atoms with van der Waals surface area (Å²) >= 11 is 4.79. The Kier molecular flexibility index (Phi) is 50.2. The van der Waals surface area contributed by atoms with Gasteiger partial charge in [-0.1, -0.05) is 0 Å². The maximum atomic E-state index is 13.8. The van der Waals surface area contributed by atoms with Crippen molar-refractivity contribution >= 4 is 65.6 Å². The Hall–Kier alpha value is -4.63. The minimum Gasteiger partial charge on any atom is -0.394 e. The number of rotatable bonds is 59. The molecule has 18 N–H and O–H groups in total. The van der Waals surface area contributed by atoms with Gasteiger partial charge in [0.15, 0.2) is 25.4 Å². The Bertz CT molecular complexity index is 2550. The first kappa shape index (κ1) is 95.6. The van der Waals surface area contributed by atoms with Crippen LogP contribution in [0.25, 0.3) is 0 Å². The van der Waals surface area contributed by atoms with E-state index >= 15 is 0 Å². The predicted octanol–water partition coefficient (Wildman–Crippen LogP) is -9.77. The van der Waals surface area contributed by atoms with E-state index in [-0.39, 0.29) is 151 Å². The summed E-state index contributed by atoms with van der Waals surface area (Å²) in [5, 5.41) is 112. The molecule has 0 bridgehead atoms. The third kappa shape index (κ3) is 40.4. The van der Waals surface area contributed by atoms with E-state index in [1.54, 1.807) is 0 Å².